The fourth-order valence-electron chi connectivity index (χ4n) is 3.40. The van der Waals surface area contributed by atoms with Gasteiger partial charge in [0.05, 0.1) is 17.1 Å². The Morgan fingerprint density at radius 1 is 1.27 bits per heavy atom. The molecule has 1 fully saturated rings. The van der Waals surface area contributed by atoms with Crippen molar-refractivity contribution in [3.8, 4) is 0 Å². The summed E-state index contributed by atoms with van der Waals surface area (Å²) in [6, 6.07) is 5.86. The number of fused-ring (bicyclic) bond motifs is 1. The third kappa shape index (κ3) is 2.90. The SMILES string of the molecule is CN1CCN(c2ccc3nc(C4=CC(O)C=C(F)C4(N)O)[nH]c3c2)CC1. The average Bonchev–Trinajstić information content (AvgIpc) is 3.01. The Morgan fingerprint density at radius 2 is 2.00 bits per heavy atom. The number of nitrogens with zero attached hydrogens (tertiary/aromatic N) is 3. The lowest BCUT2D eigenvalue weighted by molar-refractivity contribution is 0.112. The lowest BCUT2D eigenvalue weighted by Gasteiger charge is -2.34. The molecule has 1 aliphatic heterocycles. The zero-order valence-electron chi connectivity index (χ0n) is 14.5. The minimum Gasteiger partial charge on any atom is -0.385 e. The lowest BCUT2D eigenvalue weighted by Crippen LogP contribution is -2.44. The summed E-state index contributed by atoms with van der Waals surface area (Å²) in [6.07, 6.45) is 1.00. The average molecular weight is 359 g/mol. The highest BCUT2D eigenvalue weighted by Crippen LogP contribution is 2.34. The number of aliphatic hydroxyl groups is 2. The largest absolute Gasteiger partial charge is 0.385 e. The van der Waals surface area contributed by atoms with E-state index >= 15 is 0 Å². The van der Waals surface area contributed by atoms with Gasteiger partial charge in [0.15, 0.2) is 11.6 Å². The second-order valence-electron chi connectivity index (χ2n) is 6.93. The molecule has 1 saturated heterocycles. The molecule has 26 heavy (non-hydrogen) atoms. The van der Waals surface area contributed by atoms with Gasteiger partial charge in [0.2, 0.25) is 0 Å². The molecule has 2 unspecified atom stereocenters. The number of aromatic nitrogens is 2. The molecule has 2 atom stereocenters. The Kier molecular flexibility index (Phi) is 4.07. The summed E-state index contributed by atoms with van der Waals surface area (Å²) in [6.45, 7) is 3.89. The third-order valence-corrected chi connectivity index (χ3v) is 5.02. The number of hydrogen-bond acceptors (Lipinski definition) is 6. The normalized spacial score (nSPS) is 27.6. The van der Waals surface area contributed by atoms with Crippen molar-refractivity contribution in [1.82, 2.24) is 14.9 Å². The van der Waals surface area contributed by atoms with E-state index in [2.05, 4.69) is 26.8 Å². The summed E-state index contributed by atoms with van der Waals surface area (Å²) in [5.41, 5.74) is 5.92. The molecule has 8 heteroatoms. The van der Waals surface area contributed by atoms with Crippen molar-refractivity contribution in [3.05, 3.63) is 42.0 Å². The first-order valence-corrected chi connectivity index (χ1v) is 8.57. The van der Waals surface area contributed by atoms with E-state index in [1.165, 1.54) is 6.08 Å². The van der Waals surface area contributed by atoms with Crippen molar-refractivity contribution < 1.29 is 14.6 Å². The van der Waals surface area contributed by atoms with Crippen LogP contribution in [0, 0.1) is 0 Å². The minimum absolute atomic E-state index is 0.0161. The highest BCUT2D eigenvalue weighted by Gasteiger charge is 2.38. The summed E-state index contributed by atoms with van der Waals surface area (Å²) >= 11 is 0. The number of rotatable bonds is 2. The molecule has 5 N–H and O–H groups in total. The van der Waals surface area contributed by atoms with Crippen LogP contribution in [0.5, 0.6) is 0 Å². The Hall–Kier alpha value is -2.26. The summed E-state index contributed by atoms with van der Waals surface area (Å²) in [7, 11) is 2.11. The highest BCUT2D eigenvalue weighted by molar-refractivity contribution is 5.84. The van der Waals surface area contributed by atoms with Crippen molar-refractivity contribution in [2.24, 2.45) is 5.73 Å². The van der Waals surface area contributed by atoms with Gasteiger partial charge >= 0.3 is 0 Å². The predicted octanol–water partition coefficient (Wildman–Crippen LogP) is 0.573. The van der Waals surface area contributed by atoms with Crippen molar-refractivity contribution in [1.29, 1.82) is 0 Å². The zero-order chi connectivity index (χ0) is 18.5. The number of nitrogens with one attached hydrogen (secondary N) is 1. The molecule has 4 rings (SSSR count). The fraction of sp³-hybridized carbons (Fsp3) is 0.389. The maximum absolute atomic E-state index is 14.0. The number of aromatic amines is 1. The van der Waals surface area contributed by atoms with Crippen LogP contribution < -0.4 is 10.6 Å². The van der Waals surface area contributed by atoms with Crippen LogP contribution in [0.4, 0.5) is 10.1 Å². The molecule has 0 amide bonds. The molecule has 2 aromatic rings. The molecule has 0 bridgehead atoms. The van der Waals surface area contributed by atoms with Gasteiger partial charge in [-0.3, -0.25) is 5.73 Å². The van der Waals surface area contributed by atoms with E-state index in [4.69, 9.17) is 5.73 Å². The molecular weight excluding hydrogens is 337 g/mol. The smallest absolute Gasteiger partial charge is 0.196 e. The number of imidazole rings is 1. The van der Waals surface area contributed by atoms with Gasteiger partial charge in [-0.2, -0.15) is 0 Å². The van der Waals surface area contributed by atoms with E-state index in [0.717, 1.165) is 43.5 Å². The van der Waals surface area contributed by atoms with E-state index in [1.807, 2.05) is 18.2 Å². The second kappa shape index (κ2) is 6.17. The number of H-pyrrole nitrogens is 1. The number of nitrogens with two attached hydrogens (primary N) is 1. The first-order chi connectivity index (χ1) is 12.3. The molecule has 0 radical (unpaired) electrons. The molecule has 7 nitrogen and oxygen atoms in total. The van der Waals surface area contributed by atoms with Crippen molar-refractivity contribution in [2.45, 2.75) is 11.8 Å². The molecule has 1 aromatic heterocycles. The quantitative estimate of drug-likeness (QED) is 0.585. The topological polar surface area (TPSA) is 102 Å². The molecule has 1 aromatic carbocycles. The van der Waals surface area contributed by atoms with Crippen LogP contribution in [-0.2, 0) is 0 Å². The van der Waals surface area contributed by atoms with Crippen LogP contribution in [0.25, 0.3) is 16.6 Å². The number of aliphatic hydroxyl groups excluding tert-OH is 1. The van der Waals surface area contributed by atoms with Gasteiger partial charge in [-0.25, -0.2) is 9.37 Å². The lowest BCUT2D eigenvalue weighted by atomic mass is 9.94. The van der Waals surface area contributed by atoms with Gasteiger partial charge in [-0.05, 0) is 37.4 Å². The summed E-state index contributed by atoms with van der Waals surface area (Å²) in [4.78, 5) is 12.1. The zero-order valence-corrected chi connectivity index (χ0v) is 14.5. The molecule has 138 valence electrons. The molecule has 0 spiro atoms. The molecule has 1 aliphatic carbocycles. The van der Waals surface area contributed by atoms with Crippen molar-refractivity contribution in [2.75, 3.05) is 38.1 Å². The first-order valence-electron chi connectivity index (χ1n) is 8.57. The maximum atomic E-state index is 14.0. The van der Waals surface area contributed by atoms with Gasteiger partial charge < -0.3 is 25.0 Å². The van der Waals surface area contributed by atoms with E-state index in [0.29, 0.717) is 5.52 Å². The van der Waals surface area contributed by atoms with E-state index in [1.54, 1.807) is 0 Å². The Labute approximate surface area is 150 Å². The number of anilines is 1. The standard InChI is InChI=1S/C18H22FN5O2/c1-23-4-6-24(7-5-23)11-2-3-14-15(8-11)22-17(21-14)13-9-12(25)10-16(19)18(13,20)26/h2-3,8-10,12,25-26H,4-7,20H2,1H3,(H,21,22). The number of benzene rings is 1. The van der Waals surface area contributed by atoms with Crippen LogP contribution in [0.3, 0.4) is 0 Å². The Morgan fingerprint density at radius 3 is 2.73 bits per heavy atom. The maximum Gasteiger partial charge on any atom is 0.196 e. The van der Waals surface area contributed by atoms with Crippen LogP contribution >= 0.6 is 0 Å². The highest BCUT2D eigenvalue weighted by atomic mass is 19.1. The minimum atomic E-state index is -2.31. The van der Waals surface area contributed by atoms with Crippen LogP contribution in [0.1, 0.15) is 5.82 Å². The van der Waals surface area contributed by atoms with Crippen LogP contribution in [0.2, 0.25) is 0 Å². The molecule has 2 aliphatic rings. The Bertz CT molecular complexity index is 896. The molecule has 2 heterocycles. The Balaban J connectivity index is 1.68. The number of halogens is 1. The van der Waals surface area contributed by atoms with E-state index in [-0.39, 0.29) is 11.4 Å². The van der Waals surface area contributed by atoms with E-state index in [9.17, 15) is 14.6 Å². The number of hydrogen-bond donors (Lipinski definition) is 4. The van der Waals surface area contributed by atoms with E-state index < -0.39 is 17.7 Å². The number of likely N-dealkylation sites (N-methyl/N-ethyl adjacent to an activating group) is 1. The van der Waals surface area contributed by atoms with Gasteiger partial charge in [0.25, 0.3) is 0 Å². The van der Waals surface area contributed by atoms with Gasteiger partial charge in [0, 0.05) is 37.4 Å². The molecule has 0 saturated carbocycles. The fourth-order valence-corrected chi connectivity index (χ4v) is 3.40. The van der Waals surface area contributed by atoms with Gasteiger partial charge in [-0.15, -0.1) is 0 Å². The second-order valence-corrected chi connectivity index (χ2v) is 6.93. The monoisotopic (exact) mass is 359 g/mol. The summed E-state index contributed by atoms with van der Waals surface area (Å²) < 4.78 is 14.0. The summed E-state index contributed by atoms with van der Waals surface area (Å²) in [5, 5.41) is 20.0. The van der Waals surface area contributed by atoms with Crippen LogP contribution in [0.15, 0.2) is 36.2 Å². The van der Waals surface area contributed by atoms with Gasteiger partial charge in [-0.1, -0.05) is 0 Å². The van der Waals surface area contributed by atoms with Gasteiger partial charge in [0.1, 0.15) is 5.82 Å². The van der Waals surface area contributed by atoms with Crippen LogP contribution in [-0.4, -0.2) is 70.1 Å². The summed E-state index contributed by atoms with van der Waals surface area (Å²) in [5.74, 6) is -0.760. The number of piperazine rings is 1. The third-order valence-electron chi connectivity index (χ3n) is 5.02. The van der Waals surface area contributed by atoms with Crippen molar-refractivity contribution >= 4 is 22.3 Å². The first kappa shape index (κ1) is 17.2. The van der Waals surface area contributed by atoms with Crippen molar-refractivity contribution in [3.63, 3.8) is 0 Å². The molecular formula is C18H22FN5O2. The predicted molar refractivity (Wildman–Crippen MR) is 98.1 cm³/mol.